The molecule has 0 spiro atoms. The summed E-state index contributed by atoms with van der Waals surface area (Å²) >= 11 is 2.80. The molecule has 0 radical (unpaired) electrons. The van der Waals surface area contributed by atoms with Crippen molar-refractivity contribution in [1.82, 2.24) is 10.2 Å². The summed E-state index contributed by atoms with van der Waals surface area (Å²) < 4.78 is 5.89. The van der Waals surface area contributed by atoms with Crippen LogP contribution in [0, 0.1) is 13.8 Å². The summed E-state index contributed by atoms with van der Waals surface area (Å²) in [5.74, 6) is 0.736. The van der Waals surface area contributed by atoms with Gasteiger partial charge in [-0.25, -0.2) is 0 Å². The predicted octanol–water partition coefficient (Wildman–Crippen LogP) is 5.03. The van der Waals surface area contributed by atoms with Gasteiger partial charge in [0.1, 0.15) is 5.75 Å². The van der Waals surface area contributed by atoms with Crippen LogP contribution >= 0.6 is 23.1 Å². The molecular weight excluding hydrogens is 392 g/mol. The van der Waals surface area contributed by atoms with Crippen LogP contribution in [0.15, 0.2) is 46.8 Å². The number of ether oxygens (including phenoxy) is 1. The molecule has 0 saturated carbocycles. The molecule has 28 heavy (non-hydrogen) atoms. The van der Waals surface area contributed by atoms with Crippen molar-refractivity contribution < 1.29 is 9.53 Å². The lowest BCUT2D eigenvalue weighted by atomic mass is 10.1. The molecule has 1 heterocycles. The van der Waals surface area contributed by atoms with Crippen molar-refractivity contribution in [2.24, 2.45) is 0 Å². The van der Waals surface area contributed by atoms with Crippen LogP contribution in [0.1, 0.15) is 18.1 Å². The van der Waals surface area contributed by atoms with Crippen LogP contribution in [0.3, 0.4) is 0 Å². The van der Waals surface area contributed by atoms with Crippen molar-refractivity contribution >= 4 is 45.5 Å². The highest BCUT2D eigenvalue weighted by Gasteiger charge is 2.18. The zero-order valence-electron chi connectivity index (χ0n) is 16.1. The van der Waals surface area contributed by atoms with E-state index in [1.807, 2.05) is 57.2 Å². The zero-order chi connectivity index (χ0) is 20.1. The van der Waals surface area contributed by atoms with Crippen LogP contribution in [-0.4, -0.2) is 28.5 Å². The highest BCUT2D eigenvalue weighted by molar-refractivity contribution is 8.02. The predicted molar refractivity (Wildman–Crippen MR) is 116 cm³/mol. The molecule has 0 saturated heterocycles. The van der Waals surface area contributed by atoms with Crippen molar-refractivity contribution in [1.29, 1.82) is 0 Å². The number of thioether (sulfide) groups is 1. The molecule has 0 unspecified atom stereocenters. The van der Waals surface area contributed by atoms with Crippen molar-refractivity contribution in [3.8, 4) is 5.75 Å². The second-order valence-corrected chi connectivity index (χ2v) is 8.86. The quantitative estimate of drug-likeness (QED) is 0.528. The van der Waals surface area contributed by atoms with Gasteiger partial charge in [-0.1, -0.05) is 40.8 Å². The second-order valence-electron chi connectivity index (χ2n) is 6.29. The topological polar surface area (TPSA) is 76.1 Å². The number of nitrogens with zero attached hydrogens (tertiary/aromatic N) is 2. The van der Waals surface area contributed by atoms with Gasteiger partial charge >= 0.3 is 0 Å². The van der Waals surface area contributed by atoms with Crippen LogP contribution in [0.4, 0.5) is 16.5 Å². The van der Waals surface area contributed by atoms with Crippen molar-refractivity contribution in [3.63, 3.8) is 0 Å². The second kappa shape index (κ2) is 9.07. The van der Waals surface area contributed by atoms with Gasteiger partial charge < -0.3 is 15.4 Å². The zero-order valence-corrected chi connectivity index (χ0v) is 17.8. The van der Waals surface area contributed by atoms with Gasteiger partial charge in [-0.2, -0.15) is 0 Å². The standard InChI is InChI=1S/C20H22N4O2S2/c1-12-5-10-17(13(2)11-12)22-18(25)14(3)27-20-24-23-19(28-20)21-15-6-8-16(26-4)9-7-15/h5-11,14H,1-4H3,(H,21,23)(H,22,25)/t14-/m0/s1. The maximum Gasteiger partial charge on any atom is 0.237 e. The Morgan fingerprint density at radius 2 is 1.89 bits per heavy atom. The van der Waals surface area contributed by atoms with Crippen LogP contribution in [0.2, 0.25) is 0 Å². The number of aryl methyl sites for hydroxylation is 2. The molecule has 1 amide bonds. The van der Waals surface area contributed by atoms with Gasteiger partial charge in [0.15, 0.2) is 4.34 Å². The Morgan fingerprint density at radius 3 is 2.57 bits per heavy atom. The highest BCUT2D eigenvalue weighted by Crippen LogP contribution is 2.31. The first-order chi connectivity index (χ1) is 13.4. The van der Waals surface area contributed by atoms with Gasteiger partial charge in [0, 0.05) is 11.4 Å². The van der Waals surface area contributed by atoms with E-state index in [9.17, 15) is 4.79 Å². The Morgan fingerprint density at radius 1 is 1.14 bits per heavy atom. The fourth-order valence-corrected chi connectivity index (χ4v) is 4.41. The molecule has 3 aromatic rings. The smallest absolute Gasteiger partial charge is 0.237 e. The molecule has 0 fully saturated rings. The first kappa shape index (κ1) is 20.2. The Hall–Kier alpha value is -2.58. The Bertz CT molecular complexity index is 957. The van der Waals surface area contributed by atoms with E-state index in [0.717, 1.165) is 27.0 Å². The van der Waals surface area contributed by atoms with Gasteiger partial charge in [-0.05, 0) is 56.7 Å². The summed E-state index contributed by atoms with van der Waals surface area (Å²) in [5, 5.41) is 14.9. The molecule has 0 bridgehead atoms. The largest absolute Gasteiger partial charge is 0.497 e. The maximum absolute atomic E-state index is 12.5. The number of hydrogen-bond donors (Lipinski definition) is 2. The minimum absolute atomic E-state index is 0.0585. The Balaban J connectivity index is 1.58. The van der Waals surface area contributed by atoms with Gasteiger partial charge in [0.05, 0.1) is 12.4 Å². The van der Waals surface area contributed by atoms with Crippen LogP contribution < -0.4 is 15.4 Å². The van der Waals surface area contributed by atoms with Crippen LogP contribution in [0.25, 0.3) is 0 Å². The molecule has 0 aliphatic carbocycles. The minimum Gasteiger partial charge on any atom is -0.497 e. The molecule has 0 aliphatic heterocycles. The van der Waals surface area contributed by atoms with Gasteiger partial charge in [-0.15, -0.1) is 10.2 Å². The molecule has 146 valence electrons. The fraction of sp³-hybridized carbons (Fsp3) is 0.250. The van der Waals surface area contributed by atoms with Gasteiger partial charge in [0.25, 0.3) is 0 Å². The van der Waals surface area contributed by atoms with E-state index >= 15 is 0 Å². The first-order valence-electron chi connectivity index (χ1n) is 8.74. The SMILES string of the molecule is COc1ccc(Nc2nnc(S[C@@H](C)C(=O)Nc3ccc(C)cc3C)s2)cc1. The number of nitrogens with one attached hydrogen (secondary N) is 2. The average Bonchev–Trinajstić information content (AvgIpc) is 3.11. The van der Waals surface area contributed by atoms with E-state index in [4.69, 9.17) is 4.74 Å². The van der Waals surface area contributed by atoms with E-state index in [2.05, 4.69) is 26.9 Å². The average molecular weight is 415 g/mol. The number of anilines is 3. The normalized spacial score (nSPS) is 11.7. The molecular formula is C20H22N4O2S2. The van der Waals surface area contributed by atoms with Gasteiger partial charge in [0.2, 0.25) is 11.0 Å². The summed E-state index contributed by atoms with van der Waals surface area (Å²) in [6.07, 6.45) is 0. The number of aromatic nitrogens is 2. The van der Waals surface area contributed by atoms with Crippen LogP contribution in [0.5, 0.6) is 5.75 Å². The molecule has 8 heteroatoms. The first-order valence-corrected chi connectivity index (χ1v) is 10.4. The summed E-state index contributed by atoms with van der Waals surface area (Å²) in [6.45, 7) is 5.88. The minimum atomic E-state index is -0.289. The van der Waals surface area contributed by atoms with E-state index in [1.165, 1.54) is 28.7 Å². The molecule has 6 nitrogen and oxygen atoms in total. The third kappa shape index (κ3) is 5.24. The summed E-state index contributed by atoms with van der Waals surface area (Å²) in [4.78, 5) is 12.5. The number of methoxy groups -OCH3 is 1. The lowest BCUT2D eigenvalue weighted by Crippen LogP contribution is -2.22. The van der Waals surface area contributed by atoms with E-state index in [-0.39, 0.29) is 11.2 Å². The Labute approximate surface area is 172 Å². The molecule has 1 atom stereocenters. The number of carbonyl (C=O) groups excluding carboxylic acids is 1. The third-order valence-corrected chi connectivity index (χ3v) is 6.06. The molecule has 3 rings (SSSR count). The summed E-state index contributed by atoms with van der Waals surface area (Å²) in [7, 11) is 1.63. The fourth-order valence-electron chi connectivity index (χ4n) is 2.50. The molecule has 1 aromatic heterocycles. The summed E-state index contributed by atoms with van der Waals surface area (Å²) in [5.41, 5.74) is 3.95. The van der Waals surface area contributed by atoms with E-state index in [1.54, 1.807) is 7.11 Å². The van der Waals surface area contributed by atoms with Crippen molar-refractivity contribution in [2.75, 3.05) is 17.7 Å². The number of amides is 1. The van der Waals surface area contributed by atoms with Gasteiger partial charge in [-0.3, -0.25) is 4.79 Å². The molecule has 2 aromatic carbocycles. The lowest BCUT2D eigenvalue weighted by Gasteiger charge is -2.12. The maximum atomic E-state index is 12.5. The van der Waals surface area contributed by atoms with Crippen molar-refractivity contribution in [3.05, 3.63) is 53.6 Å². The highest BCUT2D eigenvalue weighted by atomic mass is 32.2. The number of hydrogen-bond acceptors (Lipinski definition) is 7. The van der Waals surface area contributed by atoms with E-state index < -0.39 is 0 Å². The van der Waals surface area contributed by atoms with Crippen molar-refractivity contribution in [2.45, 2.75) is 30.4 Å². The lowest BCUT2D eigenvalue weighted by molar-refractivity contribution is -0.115. The Kier molecular flexibility index (Phi) is 6.53. The molecule has 0 aliphatic rings. The van der Waals surface area contributed by atoms with Crippen LogP contribution in [-0.2, 0) is 4.79 Å². The molecule has 2 N–H and O–H groups in total. The number of rotatable bonds is 7. The van der Waals surface area contributed by atoms with E-state index in [0.29, 0.717) is 5.13 Å². The number of carbonyl (C=O) groups is 1. The summed E-state index contributed by atoms with van der Waals surface area (Å²) in [6, 6.07) is 13.5. The third-order valence-electron chi connectivity index (χ3n) is 4.03. The monoisotopic (exact) mass is 414 g/mol. The number of benzene rings is 2.